The number of phosphoric ester groups is 1. The minimum absolute atomic E-state index is 0.0353. The van der Waals surface area contributed by atoms with Crippen LogP contribution in [0, 0.1) is 0 Å². The molecule has 0 saturated carbocycles. The average Bonchev–Trinajstić information content (AvgIpc) is 3.21. The maximum Gasteiger partial charge on any atom is 0.306 e. The van der Waals surface area contributed by atoms with Crippen LogP contribution in [0.3, 0.4) is 0 Å². The number of esters is 2. The zero-order chi connectivity index (χ0) is 45.0. The van der Waals surface area contributed by atoms with E-state index in [0.717, 1.165) is 103 Å². The Morgan fingerprint density at radius 2 is 0.934 bits per heavy atom. The zero-order valence-corrected chi connectivity index (χ0v) is 40.2. The van der Waals surface area contributed by atoms with Gasteiger partial charge in [-0.1, -0.05) is 176 Å². The second-order valence-corrected chi connectivity index (χ2v) is 18.2. The van der Waals surface area contributed by atoms with Gasteiger partial charge in [-0.05, 0) is 70.6 Å². The third-order valence-corrected chi connectivity index (χ3v) is 10.6. The molecule has 0 radical (unpaired) electrons. The van der Waals surface area contributed by atoms with Gasteiger partial charge in [-0.3, -0.25) is 14.2 Å². The van der Waals surface area contributed by atoms with Crippen molar-refractivity contribution in [3.8, 4) is 0 Å². The Bertz CT molecular complexity index is 1310. The summed E-state index contributed by atoms with van der Waals surface area (Å²) < 4.78 is 33.7. The van der Waals surface area contributed by atoms with Crippen LogP contribution in [0.1, 0.15) is 174 Å². The summed E-state index contributed by atoms with van der Waals surface area (Å²) in [5.74, 6) is -0.857. The molecule has 0 aliphatic rings. The lowest BCUT2D eigenvalue weighted by Gasteiger charge is -2.28. The number of quaternary nitrogens is 1. The first-order chi connectivity index (χ1) is 29.5. The maximum absolute atomic E-state index is 12.6. The van der Waals surface area contributed by atoms with Crippen LogP contribution in [0.5, 0.6) is 0 Å². The average molecular weight is 874 g/mol. The van der Waals surface area contributed by atoms with Crippen molar-refractivity contribution < 1.29 is 42.1 Å². The van der Waals surface area contributed by atoms with Crippen molar-refractivity contribution in [3.05, 3.63) is 85.1 Å². The van der Waals surface area contributed by atoms with Gasteiger partial charge >= 0.3 is 11.9 Å². The Labute approximate surface area is 373 Å². The molecule has 0 rings (SSSR count). The highest BCUT2D eigenvalue weighted by Gasteiger charge is 2.21. The molecule has 10 heteroatoms. The number of carbonyl (C=O) groups is 2. The van der Waals surface area contributed by atoms with Gasteiger partial charge < -0.3 is 27.9 Å². The molecule has 0 aliphatic carbocycles. The fraction of sp³-hybridized carbons (Fsp3) is 0.686. The van der Waals surface area contributed by atoms with E-state index in [9.17, 15) is 19.0 Å². The van der Waals surface area contributed by atoms with Gasteiger partial charge in [0, 0.05) is 12.8 Å². The van der Waals surface area contributed by atoms with E-state index < -0.39 is 32.5 Å². The van der Waals surface area contributed by atoms with Crippen molar-refractivity contribution in [1.82, 2.24) is 0 Å². The Morgan fingerprint density at radius 1 is 0.525 bits per heavy atom. The van der Waals surface area contributed by atoms with E-state index in [4.69, 9.17) is 18.5 Å². The number of carbonyl (C=O) groups excluding carboxylic acids is 2. The minimum atomic E-state index is -4.62. The van der Waals surface area contributed by atoms with E-state index in [1.54, 1.807) is 0 Å². The Hall–Kier alpha value is -2.81. The van der Waals surface area contributed by atoms with Gasteiger partial charge in [-0.25, -0.2) is 0 Å². The maximum atomic E-state index is 12.6. The molecule has 9 nitrogen and oxygen atoms in total. The van der Waals surface area contributed by atoms with Crippen LogP contribution in [0.2, 0.25) is 0 Å². The molecule has 0 bridgehead atoms. The fourth-order valence-electron chi connectivity index (χ4n) is 5.99. The summed E-state index contributed by atoms with van der Waals surface area (Å²) in [5.41, 5.74) is 0. The number of nitrogens with zero attached hydrogens (tertiary/aromatic N) is 1. The molecule has 0 aliphatic heterocycles. The van der Waals surface area contributed by atoms with Crippen molar-refractivity contribution in [2.24, 2.45) is 0 Å². The molecule has 2 unspecified atom stereocenters. The molecule has 0 heterocycles. The van der Waals surface area contributed by atoms with E-state index in [1.807, 2.05) is 21.1 Å². The number of hydrogen-bond donors (Lipinski definition) is 0. The minimum Gasteiger partial charge on any atom is -0.756 e. The van der Waals surface area contributed by atoms with Gasteiger partial charge in [0.25, 0.3) is 7.82 Å². The molecule has 2 atom stereocenters. The smallest absolute Gasteiger partial charge is 0.306 e. The quantitative estimate of drug-likeness (QED) is 0.0196. The topological polar surface area (TPSA) is 111 Å². The largest absolute Gasteiger partial charge is 0.756 e. The van der Waals surface area contributed by atoms with Crippen LogP contribution in [0.15, 0.2) is 85.1 Å². The number of ether oxygens (including phenoxy) is 2. The number of phosphoric acid groups is 1. The van der Waals surface area contributed by atoms with Crippen molar-refractivity contribution >= 4 is 19.8 Å². The van der Waals surface area contributed by atoms with E-state index in [1.165, 1.54) is 38.5 Å². The summed E-state index contributed by atoms with van der Waals surface area (Å²) in [7, 11) is 1.15. The van der Waals surface area contributed by atoms with Crippen molar-refractivity contribution in [1.29, 1.82) is 0 Å². The van der Waals surface area contributed by atoms with Crippen molar-refractivity contribution in [2.75, 3.05) is 47.5 Å². The number of allylic oxidation sites excluding steroid dienone is 14. The van der Waals surface area contributed by atoms with Gasteiger partial charge in [0.05, 0.1) is 27.7 Å². The van der Waals surface area contributed by atoms with Crippen LogP contribution in [-0.4, -0.2) is 70.0 Å². The molecule has 0 aromatic carbocycles. The molecule has 0 spiro atoms. The van der Waals surface area contributed by atoms with E-state index in [0.29, 0.717) is 17.4 Å². The lowest BCUT2D eigenvalue weighted by Crippen LogP contribution is -2.37. The predicted octanol–water partition coefficient (Wildman–Crippen LogP) is 13.3. The van der Waals surface area contributed by atoms with Crippen LogP contribution >= 0.6 is 7.82 Å². The second-order valence-electron chi connectivity index (χ2n) is 16.7. The van der Waals surface area contributed by atoms with E-state index in [2.05, 4.69) is 98.9 Å². The first-order valence-electron chi connectivity index (χ1n) is 23.8. The van der Waals surface area contributed by atoms with Crippen LogP contribution < -0.4 is 4.89 Å². The summed E-state index contributed by atoms with van der Waals surface area (Å²) in [4.78, 5) is 37.3. The molecule has 350 valence electrons. The summed E-state index contributed by atoms with van der Waals surface area (Å²) >= 11 is 0. The van der Waals surface area contributed by atoms with E-state index in [-0.39, 0.29) is 26.1 Å². The summed E-state index contributed by atoms with van der Waals surface area (Å²) in [6.07, 6.45) is 55.1. The molecule has 0 saturated heterocycles. The van der Waals surface area contributed by atoms with Gasteiger partial charge in [0.2, 0.25) is 0 Å². The van der Waals surface area contributed by atoms with Crippen LogP contribution in [-0.2, 0) is 32.7 Å². The fourth-order valence-corrected chi connectivity index (χ4v) is 6.72. The van der Waals surface area contributed by atoms with Crippen molar-refractivity contribution in [2.45, 2.75) is 180 Å². The predicted molar refractivity (Wildman–Crippen MR) is 254 cm³/mol. The molecular weight excluding hydrogens is 786 g/mol. The van der Waals surface area contributed by atoms with Crippen LogP contribution in [0.4, 0.5) is 0 Å². The molecule has 0 aromatic rings. The Morgan fingerprint density at radius 3 is 1.39 bits per heavy atom. The van der Waals surface area contributed by atoms with E-state index >= 15 is 0 Å². The number of hydrogen-bond acceptors (Lipinski definition) is 8. The number of likely N-dealkylation sites (N-methyl/N-ethyl adjacent to an activating group) is 1. The number of unbranched alkanes of at least 4 members (excludes halogenated alkanes) is 14. The third-order valence-electron chi connectivity index (χ3n) is 9.68. The lowest BCUT2D eigenvalue weighted by atomic mass is 10.1. The first kappa shape index (κ1) is 58.2. The summed E-state index contributed by atoms with van der Waals surface area (Å²) in [5, 5.41) is 0. The molecular formula is C51H88NO8P. The van der Waals surface area contributed by atoms with Gasteiger partial charge in [-0.15, -0.1) is 0 Å². The Kier molecular flexibility index (Phi) is 40.5. The highest BCUT2D eigenvalue weighted by Crippen LogP contribution is 2.38. The van der Waals surface area contributed by atoms with Crippen molar-refractivity contribution in [3.63, 3.8) is 0 Å². The van der Waals surface area contributed by atoms with Gasteiger partial charge in [-0.2, -0.15) is 0 Å². The Balaban J connectivity index is 4.08. The molecule has 0 N–H and O–H groups in total. The summed E-state index contributed by atoms with van der Waals surface area (Å²) in [6, 6.07) is 0. The SMILES string of the molecule is CC/C=C\C/C=C\C/C=C\C/C=C\C/C=C\C/C=C\C/C=C\CCCCCCCCCCCC(=O)OC(COC(=O)CCCCCCCC)COP(=O)([O-])OCC[N+](C)(C)C. The first-order valence-corrected chi connectivity index (χ1v) is 25.3. The molecule has 0 aromatic heterocycles. The zero-order valence-electron chi connectivity index (χ0n) is 39.3. The van der Waals surface area contributed by atoms with Crippen LogP contribution in [0.25, 0.3) is 0 Å². The molecule has 0 fully saturated rings. The molecule has 61 heavy (non-hydrogen) atoms. The monoisotopic (exact) mass is 874 g/mol. The van der Waals surface area contributed by atoms with Gasteiger partial charge in [0.15, 0.2) is 6.10 Å². The normalized spacial score (nSPS) is 14.3. The standard InChI is InChI=1S/C51H88NO8P/c1-6-8-10-12-14-15-16-17-18-19-20-21-22-23-24-25-26-27-28-29-30-31-32-33-34-35-36-37-38-40-42-44-51(54)60-49(47-57-50(53)43-41-39-13-11-9-7-2)48-59-61(55,56)58-46-45-52(3,4)5/h8,10,14-15,17-18,20-21,23-24,26-27,29-30,49H,6-7,9,11-13,16,19,22,25,28,31-48H2,1-5H3/b10-8-,15-14-,18-17-,21-20-,24-23-,27-26-,30-29-. The highest BCUT2D eigenvalue weighted by atomic mass is 31.2. The summed E-state index contributed by atoms with van der Waals surface area (Å²) in [6.45, 7) is 4.02. The highest BCUT2D eigenvalue weighted by molar-refractivity contribution is 7.45. The lowest BCUT2D eigenvalue weighted by molar-refractivity contribution is -0.870. The second kappa shape index (κ2) is 42.5. The third kappa shape index (κ3) is 46.5. The number of rotatable bonds is 42. The van der Waals surface area contributed by atoms with Gasteiger partial charge in [0.1, 0.15) is 19.8 Å². The molecule has 0 amide bonds.